The van der Waals surface area contributed by atoms with Crippen molar-refractivity contribution in [2.24, 2.45) is 0 Å². The Kier molecular flexibility index (Phi) is 4.44. The third kappa shape index (κ3) is 2.85. The van der Waals surface area contributed by atoms with Crippen molar-refractivity contribution in [3.8, 4) is 0 Å². The Bertz CT molecular complexity index is 594. The van der Waals surface area contributed by atoms with Crippen LogP contribution in [0.4, 0.5) is 0 Å². The lowest BCUT2D eigenvalue weighted by Crippen LogP contribution is -2.33. The molecule has 0 spiro atoms. The summed E-state index contributed by atoms with van der Waals surface area (Å²) in [6, 6.07) is 0. The summed E-state index contributed by atoms with van der Waals surface area (Å²) in [5.74, 6) is -1.00. The van der Waals surface area contributed by atoms with Crippen LogP contribution in [0.5, 0.6) is 0 Å². The molecule has 20 heavy (non-hydrogen) atoms. The van der Waals surface area contributed by atoms with Gasteiger partial charge in [-0.05, 0) is 19.3 Å². The highest BCUT2D eigenvalue weighted by Gasteiger charge is 2.29. The molecule has 1 aromatic rings. The Balaban J connectivity index is 2.28. The van der Waals surface area contributed by atoms with Crippen LogP contribution in [0.1, 0.15) is 31.9 Å². The normalized spacial score (nSPS) is 15.3. The van der Waals surface area contributed by atoms with Gasteiger partial charge in [-0.25, -0.2) is 8.42 Å². The monoisotopic (exact) mass is 301 g/mol. The van der Waals surface area contributed by atoms with Crippen LogP contribution in [-0.4, -0.2) is 46.7 Å². The van der Waals surface area contributed by atoms with Gasteiger partial charge in [0.25, 0.3) is 0 Å². The van der Waals surface area contributed by atoms with E-state index in [0.717, 1.165) is 25.1 Å². The van der Waals surface area contributed by atoms with Gasteiger partial charge in [-0.3, -0.25) is 9.48 Å². The molecule has 1 aliphatic heterocycles. The van der Waals surface area contributed by atoms with Gasteiger partial charge < -0.3 is 5.11 Å². The average molecular weight is 301 g/mol. The van der Waals surface area contributed by atoms with Crippen molar-refractivity contribution in [3.05, 3.63) is 11.9 Å². The summed E-state index contributed by atoms with van der Waals surface area (Å²) in [5.41, 5.74) is 0.741. The highest BCUT2D eigenvalue weighted by Crippen LogP contribution is 2.24. The van der Waals surface area contributed by atoms with Crippen LogP contribution < -0.4 is 0 Å². The Hall–Kier alpha value is -1.41. The minimum Gasteiger partial charge on any atom is -0.481 e. The van der Waals surface area contributed by atoms with Gasteiger partial charge in [0.2, 0.25) is 10.0 Å². The van der Waals surface area contributed by atoms with Crippen LogP contribution in [0.15, 0.2) is 11.1 Å². The first kappa shape index (κ1) is 15.0. The van der Waals surface area contributed by atoms with Gasteiger partial charge >= 0.3 is 5.97 Å². The number of fused-ring (bicyclic) bond motifs is 1. The topological polar surface area (TPSA) is 92.5 Å². The number of aromatic nitrogens is 2. The number of hydrogen-bond donors (Lipinski definition) is 1. The SMILES string of the molecule is CCN(CCC(=O)O)S(=O)(=O)c1cnn2c1CCCC2. The van der Waals surface area contributed by atoms with E-state index in [9.17, 15) is 13.2 Å². The Morgan fingerprint density at radius 2 is 2.25 bits per heavy atom. The van der Waals surface area contributed by atoms with E-state index < -0.39 is 16.0 Å². The average Bonchev–Trinajstić information content (AvgIpc) is 2.83. The lowest BCUT2D eigenvalue weighted by molar-refractivity contribution is -0.137. The molecule has 0 saturated heterocycles. The van der Waals surface area contributed by atoms with Crippen LogP contribution in [0, 0.1) is 0 Å². The number of carboxylic acids is 1. The quantitative estimate of drug-likeness (QED) is 0.835. The van der Waals surface area contributed by atoms with E-state index in [1.54, 1.807) is 11.6 Å². The molecule has 8 heteroatoms. The minimum atomic E-state index is -3.66. The van der Waals surface area contributed by atoms with Gasteiger partial charge in [0.15, 0.2) is 0 Å². The van der Waals surface area contributed by atoms with E-state index in [0.29, 0.717) is 6.42 Å². The second kappa shape index (κ2) is 5.92. The maximum Gasteiger partial charge on any atom is 0.304 e. The number of carbonyl (C=O) groups is 1. The molecule has 0 fully saturated rings. The van der Waals surface area contributed by atoms with Gasteiger partial charge in [-0.2, -0.15) is 9.40 Å². The number of sulfonamides is 1. The Morgan fingerprint density at radius 3 is 2.90 bits per heavy atom. The number of aliphatic carboxylic acids is 1. The van der Waals surface area contributed by atoms with Crippen molar-refractivity contribution in [2.45, 2.75) is 44.0 Å². The summed E-state index contributed by atoms with van der Waals surface area (Å²) in [7, 11) is -3.66. The van der Waals surface area contributed by atoms with Gasteiger partial charge in [-0.15, -0.1) is 0 Å². The molecule has 0 atom stereocenters. The van der Waals surface area contributed by atoms with Crippen molar-refractivity contribution in [3.63, 3.8) is 0 Å². The molecule has 0 aliphatic carbocycles. The molecule has 2 heterocycles. The Labute approximate surface area is 118 Å². The van der Waals surface area contributed by atoms with Crippen LogP contribution in [-0.2, 0) is 27.8 Å². The third-order valence-corrected chi connectivity index (χ3v) is 5.51. The van der Waals surface area contributed by atoms with Crippen LogP contribution in [0.3, 0.4) is 0 Å². The molecule has 7 nitrogen and oxygen atoms in total. The van der Waals surface area contributed by atoms with E-state index in [2.05, 4.69) is 5.10 Å². The van der Waals surface area contributed by atoms with E-state index in [-0.39, 0.29) is 24.4 Å². The van der Waals surface area contributed by atoms with Crippen molar-refractivity contribution in [1.82, 2.24) is 14.1 Å². The van der Waals surface area contributed by atoms with Crippen molar-refractivity contribution in [1.29, 1.82) is 0 Å². The molecular weight excluding hydrogens is 282 g/mol. The summed E-state index contributed by atoms with van der Waals surface area (Å²) in [6.45, 7) is 2.68. The minimum absolute atomic E-state index is 0.0151. The maximum atomic E-state index is 12.6. The molecule has 0 unspecified atom stereocenters. The van der Waals surface area contributed by atoms with E-state index in [4.69, 9.17) is 5.11 Å². The van der Waals surface area contributed by atoms with E-state index in [1.807, 2.05) is 0 Å². The number of nitrogens with zero attached hydrogens (tertiary/aromatic N) is 3. The van der Waals surface area contributed by atoms with Crippen LogP contribution >= 0.6 is 0 Å². The predicted octanol–water partition coefficient (Wildman–Crippen LogP) is 0.705. The predicted molar refractivity (Wildman–Crippen MR) is 71.9 cm³/mol. The molecule has 0 aromatic carbocycles. The largest absolute Gasteiger partial charge is 0.481 e. The van der Waals surface area contributed by atoms with Gasteiger partial charge in [0.1, 0.15) is 4.90 Å². The molecule has 112 valence electrons. The highest BCUT2D eigenvalue weighted by atomic mass is 32.2. The molecule has 1 N–H and O–H groups in total. The summed E-state index contributed by atoms with van der Waals surface area (Å²) in [5, 5.41) is 12.8. The summed E-state index contributed by atoms with van der Waals surface area (Å²) >= 11 is 0. The summed E-state index contributed by atoms with van der Waals surface area (Å²) in [6.07, 6.45) is 3.85. The molecule has 0 saturated carbocycles. The third-order valence-electron chi connectivity index (χ3n) is 3.49. The lowest BCUT2D eigenvalue weighted by Gasteiger charge is -2.21. The molecule has 2 rings (SSSR count). The second-order valence-corrected chi connectivity index (χ2v) is 6.68. The fraction of sp³-hybridized carbons (Fsp3) is 0.667. The smallest absolute Gasteiger partial charge is 0.304 e. The Morgan fingerprint density at radius 1 is 1.50 bits per heavy atom. The van der Waals surface area contributed by atoms with Crippen molar-refractivity contribution < 1.29 is 18.3 Å². The first-order valence-electron chi connectivity index (χ1n) is 6.73. The fourth-order valence-corrected chi connectivity index (χ4v) is 4.05. The number of hydrogen-bond acceptors (Lipinski definition) is 4. The zero-order chi connectivity index (χ0) is 14.8. The zero-order valence-corrected chi connectivity index (χ0v) is 12.3. The number of rotatable bonds is 6. The molecule has 0 bridgehead atoms. The fourth-order valence-electron chi connectivity index (χ4n) is 2.42. The van der Waals surface area contributed by atoms with Crippen LogP contribution in [0.2, 0.25) is 0 Å². The van der Waals surface area contributed by atoms with Crippen LogP contribution in [0.25, 0.3) is 0 Å². The first-order chi connectivity index (χ1) is 9.46. The van der Waals surface area contributed by atoms with Gasteiger partial charge in [-0.1, -0.05) is 6.92 Å². The molecule has 1 aromatic heterocycles. The zero-order valence-electron chi connectivity index (χ0n) is 11.4. The molecule has 0 amide bonds. The van der Waals surface area contributed by atoms with Crippen molar-refractivity contribution >= 4 is 16.0 Å². The van der Waals surface area contributed by atoms with E-state index >= 15 is 0 Å². The molecular formula is C12H19N3O4S. The van der Waals surface area contributed by atoms with Gasteiger partial charge in [0, 0.05) is 19.6 Å². The maximum absolute atomic E-state index is 12.6. The lowest BCUT2D eigenvalue weighted by atomic mass is 10.1. The molecule has 0 radical (unpaired) electrons. The summed E-state index contributed by atoms with van der Waals surface area (Å²) in [4.78, 5) is 10.9. The first-order valence-corrected chi connectivity index (χ1v) is 8.17. The van der Waals surface area contributed by atoms with Gasteiger partial charge in [0.05, 0.1) is 18.3 Å². The highest BCUT2D eigenvalue weighted by molar-refractivity contribution is 7.89. The number of aryl methyl sites for hydroxylation is 1. The molecule has 1 aliphatic rings. The second-order valence-electron chi connectivity index (χ2n) is 4.78. The van der Waals surface area contributed by atoms with Crippen molar-refractivity contribution in [2.75, 3.05) is 13.1 Å². The number of carboxylic acid groups (broad SMARTS) is 1. The van der Waals surface area contributed by atoms with E-state index in [1.165, 1.54) is 10.5 Å². The summed E-state index contributed by atoms with van der Waals surface area (Å²) < 4.78 is 28.1. The standard InChI is InChI=1S/C12H19N3O4S/c1-2-14(8-6-12(16)17)20(18,19)11-9-13-15-7-4-3-5-10(11)15/h9H,2-8H2,1H3,(H,16,17).